The zero-order valence-corrected chi connectivity index (χ0v) is 35.3. The highest BCUT2D eigenvalue weighted by Gasteiger charge is 2.40. The maximum absolute atomic E-state index is 14.5. The number of esters is 2. The van der Waals surface area contributed by atoms with Gasteiger partial charge in [0.2, 0.25) is 11.8 Å². The third-order valence-corrected chi connectivity index (χ3v) is 10.5. The second kappa shape index (κ2) is 21.8. The van der Waals surface area contributed by atoms with Gasteiger partial charge in [0.25, 0.3) is 5.91 Å². The average Bonchev–Trinajstić information content (AvgIpc) is 3.21. The molecule has 0 heterocycles. The molecule has 0 fully saturated rings. The molecule has 0 bridgehead atoms. The van der Waals surface area contributed by atoms with E-state index >= 15 is 0 Å². The number of nitrogens with one attached hydrogen (secondary N) is 1. The predicted octanol–water partition coefficient (Wildman–Crippen LogP) is 3.99. The Bertz CT molecular complexity index is 1820. The number of phenols is 2. The van der Waals surface area contributed by atoms with Gasteiger partial charge in [0.05, 0.1) is 14.2 Å². The van der Waals surface area contributed by atoms with E-state index in [0.717, 1.165) is 5.56 Å². The first-order chi connectivity index (χ1) is 27.4. The second-order valence-electron chi connectivity index (χ2n) is 15.2. The van der Waals surface area contributed by atoms with Gasteiger partial charge in [0.1, 0.15) is 41.4 Å². The molecule has 58 heavy (non-hydrogen) atoms. The van der Waals surface area contributed by atoms with Crippen molar-refractivity contribution in [2.75, 3.05) is 42.4 Å². The summed E-state index contributed by atoms with van der Waals surface area (Å²) in [5.41, 5.74) is 2.15. The van der Waals surface area contributed by atoms with Gasteiger partial charge in [-0.3, -0.25) is 24.1 Å². The Morgan fingerprint density at radius 3 is 1.52 bits per heavy atom. The van der Waals surface area contributed by atoms with Gasteiger partial charge in [0.15, 0.2) is 6.10 Å². The number of carbonyl (C=O) groups excluding carboxylic acids is 5. The number of hydrogen-bond acceptors (Lipinski definition) is 11. The average molecular weight is 805 g/mol. The predicted molar refractivity (Wildman–Crippen MR) is 219 cm³/mol. The van der Waals surface area contributed by atoms with Crippen LogP contribution in [0.25, 0.3) is 0 Å². The Morgan fingerprint density at radius 1 is 0.638 bits per heavy atom. The van der Waals surface area contributed by atoms with E-state index in [1.54, 1.807) is 83.3 Å². The third kappa shape index (κ3) is 12.7. The SMILES string of the molecule is CC[C@@H](C)[C@H](OC(=O)[C@H](Cc1ccc(OC)cc1)N(C)C)C(=O)N[C@@H](C(=O)N(C)[C@H](Cc1ccc(O)cc1)C(=O)N(C)[C@@H](Cc1ccc(O)cc1)C(=O)OC)C(C)C. The zero-order valence-electron chi connectivity index (χ0n) is 35.3. The van der Waals surface area contributed by atoms with Gasteiger partial charge in [-0.1, -0.05) is 64.1 Å². The first kappa shape index (κ1) is 46.8. The number of rotatable bonds is 20. The molecule has 3 amide bonds. The molecule has 0 aliphatic heterocycles. The summed E-state index contributed by atoms with van der Waals surface area (Å²) in [6.07, 6.45) is -0.341. The van der Waals surface area contributed by atoms with E-state index in [4.69, 9.17) is 14.2 Å². The molecule has 3 aromatic carbocycles. The largest absolute Gasteiger partial charge is 0.508 e. The number of nitrogens with zero attached hydrogens (tertiary/aromatic N) is 3. The number of phenolic OH excluding ortho intramolecular Hbond substituents is 2. The number of benzene rings is 3. The molecule has 3 rings (SSSR count). The Kier molecular flexibility index (Phi) is 17.5. The summed E-state index contributed by atoms with van der Waals surface area (Å²) in [6.45, 7) is 7.18. The molecule has 0 radical (unpaired) electrons. The van der Waals surface area contributed by atoms with Gasteiger partial charge in [0, 0.05) is 32.9 Å². The summed E-state index contributed by atoms with van der Waals surface area (Å²) in [5, 5.41) is 22.6. The molecule has 14 heteroatoms. The molecule has 14 nitrogen and oxygen atoms in total. The lowest BCUT2D eigenvalue weighted by molar-refractivity contribution is -0.164. The molecular formula is C44H60N4O10. The number of hydrogen-bond donors (Lipinski definition) is 3. The molecule has 6 atom stereocenters. The van der Waals surface area contributed by atoms with E-state index in [9.17, 15) is 34.2 Å². The van der Waals surface area contributed by atoms with E-state index < -0.39 is 71.8 Å². The van der Waals surface area contributed by atoms with Crippen LogP contribution in [0, 0.1) is 11.8 Å². The fourth-order valence-corrected chi connectivity index (χ4v) is 6.43. The van der Waals surface area contributed by atoms with Gasteiger partial charge >= 0.3 is 11.9 Å². The van der Waals surface area contributed by atoms with Crippen molar-refractivity contribution in [1.29, 1.82) is 0 Å². The van der Waals surface area contributed by atoms with Crippen LogP contribution in [0.2, 0.25) is 0 Å². The third-order valence-electron chi connectivity index (χ3n) is 10.5. The number of likely N-dealkylation sites (N-methyl/N-ethyl adjacent to an activating group) is 3. The van der Waals surface area contributed by atoms with Crippen molar-refractivity contribution in [3.8, 4) is 17.2 Å². The summed E-state index contributed by atoms with van der Waals surface area (Å²) in [7, 11) is 9.21. The normalized spacial score (nSPS) is 14.3. The van der Waals surface area contributed by atoms with Crippen LogP contribution in [-0.2, 0) is 52.7 Å². The van der Waals surface area contributed by atoms with Crippen LogP contribution in [0.15, 0.2) is 72.8 Å². The lowest BCUT2D eigenvalue weighted by Crippen LogP contribution is -2.59. The molecule has 0 aliphatic carbocycles. The summed E-state index contributed by atoms with van der Waals surface area (Å²) < 4.78 is 16.3. The highest BCUT2D eigenvalue weighted by atomic mass is 16.6. The lowest BCUT2D eigenvalue weighted by atomic mass is 9.96. The fraction of sp³-hybridized carbons (Fsp3) is 0.477. The monoisotopic (exact) mass is 804 g/mol. The smallest absolute Gasteiger partial charge is 0.328 e. The molecule has 0 saturated carbocycles. The van der Waals surface area contributed by atoms with Crippen molar-refractivity contribution in [2.45, 2.75) is 83.6 Å². The first-order valence-corrected chi connectivity index (χ1v) is 19.4. The topological polar surface area (TPSA) is 175 Å². The quantitative estimate of drug-likeness (QED) is 0.141. The van der Waals surface area contributed by atoms with E-state index in [0.29, 0.717) is 29.7 Å². The molecule has 0 saturated heterocycles. The fourth-order valence-electron chi connectivity index (χ4n) is 6.43. The van der Waals surface area contributed by atoms with Crippen LogP contribution < -0.4 is 10.1 Å². The minimum Gasteiger partial charge on any atom is -0.508 e. The van der Waals surface area contributed by atoms with Crippen LogP contribution in [-0.4, -0.2) is 127 Å². The molecule has 3 aromatic rings. The van der Waals surface area contributed by atoms with E-state index in [1.165, 1.54) is 55.3 Å². The van der Waals surface area contributed by atoms with Crippen molar-refractivity contribution in [1.82, 2.24) is 20.0 Å². The molecule has 316 valence electrons. The summed E-state index contributed by atoms with van der Waals surface area (Å²) >= 11 is 0. The molecule has 3 N–H and O–H groups in total. The minimum absolute atomic E-state index is 0.00475. The Hall–Kier alpha value is -5.63. The van der Waals surface area contributed by atoms with E-state index in [-0.39, 0.29) is 24.3 Å². The number of ether oxygens (including phenoxy) is 3. The second-order valence-corrected chi connectivity index (χ2v) is 15.2. The van der Waals surface area contributed by atoms with E-state index in [2.05, 4.69) is 5.32 Å². The molecule has 0 unspecified atom stereocenters. The number of carbonyl (C=O) groups is 5. The lowest BCUT2D eigenvalue weighted by Gasteiger charge is -2.36. The highest BCUT2D eigenvalue weighted by molar-refractivity contribution is 5.95. The van der Waals surface area contributed by atoms with Crippen LogP contribution in [0.4, 0.5) is 0 Å². The van der Waals surface area contributed by atoms with Gasteiger partial charge in [-0.05, 0) is 85.9 Å². The van der Waals surface area contributed by atoms with Gasteiger partial charge < -0.3 is 39.5 Å². The number of amides is 3. The van der Waals surface area contributed by atoms with Crippen LogP contribution in [0.5, 0.6) is 17.2 Å². The van der Waals surface area contributed by atoms with Crippen LogP contribution in [0.1, 0.15) is 50.8 Å². The maximum Gasteiger partial charge on any atom is 0.328 e. The summed E-state index contributed by atoms with van der Waals surface area (Å²) in [6, 6.07) is 15.6. The number of methoxy groups -OCH3 is 2. The Labute approximate surface area is 342 Å². The summed E-state index contributed by atoms with van der Waals surface area (Å²) in [4.78, 5) is 74.2. The van der Waals surface area contributed by atoms with Gasteiger partial charge in [-0.15, -0.1) is 0 Å². The minimum atomic E-state index is -1.23. The van der Waals surface area contributed by atoms with Crippen molar-refractivity contribution in [3.05, 3.63) is 89.5 Å². The number of aromatic hydroxyl groups is 2. The maximum atomic E-state index is 14.5. The highest BCUT2D eigenvalue weighted by Crippen LogP contribution is 2.22. The van der Waals surface area contributed by atoms with E-state index in [1.807, 2.05) is 19.1 Å². The summed E-state index contributed by atoms with van der Waals surface area (Å²) in [5.74, 6) is -3.22. The molecule has 0 aromatic heterocycles. The van der Waals surface area contributed by atoms with Crippen molar-refractivity contribution < 1.29 is 48.4 Å². The standard InChI is InChI=1S/C44H60N4O10/c1-11-28(4)39(58-44(55)36(46(5)6)25-31-16-22-34(56-9)23-17-31)40(51)45-38(27(2)3)42(53)47(7)35(24-29-12-18-32(49)19-13-29)41(52)48(8)37(43(54)57-10)26-30-14-20-33(50)21-15-30/h12-23,27-28,35-39,49-50H,11,24-26H2,1-10H3,(H,45,51)/t28-,35-,36+,37+,38-,39+/m1/s1. The Balaban J connectivity index is 1.92. The first-order valence-electron chi connectivity index (χ1n) is 19.4. The van der Waals surface area contributed by atoms with Gasteiger partial charge in [-0.2, -0.15) is 0 Å². The molecule has 0 spiro atoms. The van der Waals surface area contributed by atoms with Crippen molar-refractivity contribution in [2.24, 2.45) is 11.8 Å². The van der Waals surface area contributed by atoms with Crippen molar-refractivity contribution >= 4 is 29.7 Å². The van der Waals surface area contributed by atoms with Crippen molar-refractivity contribution in [3.63, 3.8) is 0 Å². The molecule has 0 aliphatic rings. The van der Waals surface area contributed by atoms with Crippen LogP contribution in [0.3, 0.4) is 0 Å². The molecular weight excluding hydrogens is 745 g/mol. The zero-order chi connectivity index (χ0) is 43.3. The van der Waals surface area contributed by atoms with Crippen LogP contribution >= 0.6 is 0 Å². The Morgan fingerprint density at radius 2 is 1.09 bits per heavy atom. The van der Waals surface area contributed by atoms with Gasteiger partial charge in [-0.25, -0.2) is 4.79 Å².